The van der Waals surface area contributed by atoms with E-state index in [4.69, 9.17) is 18.8 Å². The smallest absolute Gasteiger partial charge is 0.501 e. The third-order valence-corrected chi connectivity index (χ3v) is 5.63. The molecule has 0 aliphatic heterocycles. The SMILES string of the molecule is CCOc1cc(OCC)cc(OB(O)Oc2cccc3ccc4cc5ccccc5cc4c23)c1. The van der Waals surface area contributed by atoms with Crippen molar-refractivity contribution < 1.29 is 23.8 Å². The van der Waals surface area contributed by atoms with Crippen LogP contribution >= 0.6 is 0 Å². The largest absolute Gasteiger partial charge is 0.785 e. The van der Waals surface area contributed by atoms with Gasteiger partial charge in [-0.25, -0.2) is 0 Å². The second-order valence-corrected chi connectivity index (χ2v) is 7.89. The van der Waals surface area contributed by atoms with Crippen molar-refractivity contribution in [2.24, 2.45) is 0 Å². The van der Waals surface area contributed by atoms with E-state index < -0.39 is 7.32 Å². The predicted octanol–water partition coefficient (Wildman–Crippen LogP) is 6.38. The Morgan fingerprint density at radius 1 is 0.618 bits per heavy atom. The summed E-state index contributed by atoms with van der Waals surface area (Å²) in [6.07, 6.45) is 0. The van der Waals surface area contributed by atoms with Crippen LogP contribution in [0.3, 0.4) is 0 Å². The molecule has 0 spiro atoms. The van der Waals surface area contributed by atoms with E-state index in [-0.39, 0.29) is 0 Å². The van der Waals surface area contributed by atoms with Crippen LogP contribution in [0.4, 0.5) is 0 Å². The summed E-state index contributed by atoms with van der Waals surface area (Å²) < 4.78 is 22.8. The summed E-state index contributed by atoms with van der Waals surface area (Å²) in [5, 5.41) is 17.1. The Labute approximate surface area is 198 Å². The molecule has 0 bridgehead atoms. The summed E-state index contributed by atoms with van der Waals surface area (Å²) in [7, 11) is -1.52. The molecule has 0 fully saturated rings. The Kier molecular flexibility index (Phi) is 6.15. The van der Waals surface area contributed by atoms with Gasteiger partial charge in [-0.2, -0.15) is 0 Å². The molecule has 0 aliphatic carbocycles. The molecule has 0 saturated carbocycles. The van der Waals surface area contributed by atoms with E-state index in [1.807, 2.05) is 44.2 Å². The predicted molar refractivity (Wildman–Crippen MR) is 137 cm³/mol. The van der Waals surface area contributed by atoms with Gasteiger partial charge in [-0.3, -0.25) is 0 Å². The van der Waals surface area contributed by atoms with Crippen LogP contribution < -0.4 is 18.8 Å². The summed E-state index contributed by atoms with van der Waals surface area (Å²) >= 11 is 0. The van der Waals surface area contributed by atoms with Crippen molar-refractivity contribution in [3.63, 3.8) is 0 Å². The van der Waals surface area contributed by atoms with Crippen LogP contribution in [0.2, 0.25) is 0 Å². The first kappa shape index (κ1) is 21.9. The molecule has 5 nitrogen and oxygen atoms in total. The van der Waals surface area contributed by atoms with Crippen LogP contribution in [0.1, 0.15) is 13.8 Å². The highest BCUT2D eigenvalue weighted by Crippen LogP contribution is 2.36. The van der Waals surface area contributed by atoms with Crippen LogP contribution in [-0.2, 0) is 0 Å². The maximum atomic E-state index is 10.7. The molecule has 0 aliphatic rings. The van der Waals surface area contributed by atoms with Crippen molar-refractivity contribution in [1.29, 1.82) is 0 Å². The van der Waals surface area contributed by atoms with Crippen molar-refractivity contribution in [3.05, 3.63) is 84.9 Å². The minimum absolute atomic E-state index is 0.387. The lowest BCUT2D eigenvalue weighted by Gasteiger charge is -2.16. The molecular weight excluding hydrogens is 427 g/mol. The summed E-state index contributed by atoms with van der Waals surface area (Å²) in [5.41, 5.74) is 0. The molecule has 0 radical (unpaired) electrons. The van der Waals surface area contributed by atoms with Gasteiger partial charge in [0.1, 0.15) is 23.0 Å². The van der Waals surface area contributed by atoms with Crippen LogP contribution in [0.25, 0.3) is 32.3 Å². The minimum Gasteiger partial charge on any atom is -0.501 e. The highest BCUT2D eigenvalue weighted by molar-refractivity contribution is 6.37. The molecule has 1 N–H and O–H groups in total. The Bertz CT molecular complexity index is 1440. The molecule has 0 aromatic heterocycles. The topological polar surface area (TPSA) is 57.2 Å². The maximum Gasteiger partial charge on any atom is 0.785 e. The monoisotopic (exact) mass is 452 g/mol. The van der Waals surface area contributed by atoms with Gasteiger partial charge in [0.25, 0.3) is 0 Å². The summed E-state index contributed by atoms with van der Waals surface area (Å²) in [4.78, 5) is 0. The highest BCUT2D eigenvalue weighted by atomic mass is 16.7. The number of fused-ring (bicyclic) bond motifs is 4. The molecular formula is C28H25BO5. The van der Waals surface area contributed by atoms with E-state index in [0.29, 0.717) is 36.2 Å². The molecule has 0 saturated heterocycles. The van der Waals surface area contributed by atoms with Gasteiger partial charge in [0.2, 0.25) is 0 Å². The van der Waals surface area contributed by atoms with Crippen LogP contribution in [0.5, 0.6) is 23.0 Å². The van der Waals surface area contributed by atoms with Gasteiger partial charge >= 0.3 is 7.32 Å². The van der Waals surface area contributed by atoms with E-state index in [2.05, 4.69) is 36.4 Å². The standard InChI is InChI=1S/C28H25BO5/c1-3-31-23-16-24(32-4-2)18-25(17-23)33-29(30)34-27-11-7-10-19-12-13-22-14-20-8-5-6-9-21(20)15-26(22)28(19)27/h5-18,30H,3-4H2,1-2H3. The van der Waals surface area contributed by atoms with Gasteiger partial charge in [-0.1, -0.05) is 48.5 Å². The van der Waals surface area contributed by atoms with Gasteiger partial charge in [0.05, 0.1) is 13.2 Å². The lowest BCUT2D eigenvalue weighted by Crippen LogP contribution is -2.29. The normalized spacial score (nSPS) is 11.0. The van der Waals surface area contributed by atoms with Crippen LogP contribution in [0, 0.1) is 0 Å². The Hall–Kier alpha value is -3.90. The van der Waals surface area contributed by atoms with Crippen molar-refractivity contribution in [2.75, 3.05) is 13.2 Å². The van der Waals surface area contributed by atoms with Gasteiger partial charge < -0.3 is 23.8 Å². The maximum absolute atomic E-state index is 10.7. The van der Waals surface area contributed by atoms with Crippen molar-refractivity contribution in [3.8, 4) is 23.0 Å². The van der Waals surface area contributed by atoms with Gasteiger partial charge in [-0.15, -0.1) is 0 Å². The molecule has 6 heteroatoms. The van der Waals surface area contributed by atoms with E-state index >= 15 is 0 Å². The Balaban J connectivity index is 1.50. The quantitative estimate of drug-likeness (QED) is 0.168. The fourth-order valence-corrected chi connectivity index (χ4v) is 4.23. The number of hydrogen-bond donors (Lipinski definition) is 1. The van der Waals surface area contributed by atoms with Gasteiger partial charge in [-0.05, 0) is 59.0 Å². The van der Waals surface area contributed by atoms with Crippen molar-refractivity contribution in [2.45, 2.75) is 13.8 Å². The van der Waals surface area contributed by atoms with E-state index in [1.54, 1.807) is 18.2 Å². The average Bonchev–Trinajstić information content (AvgIpc) is 2.83. The fourth-order valence-electron chi connectivity index (χ4n) is 4.23. The minimum atomic E-state index is -1.52. The summed E-state index contributed by atoms with van der Waals surface area (Å²) in [6.45, 7) is 4.82. The first-order valence-corrected chi connectivity index (χ1v) is 11.4. The summed E-state index contributed by atoms with van der Waals surface area (Å²) in [6, 6.07) is 27.7. The number of ether oxygens (including phenoxy) is 2. The number of hydrogen-bond acceptors (Lipinski definition) is 5. The molecule has 5 aromatic rings. The highest BCUT2D eigenvalue weighted by Gasteiger charge is 2.24. The zero-order valence-corrected chi connectivity index (χ0v) is 19.2. The lowest BCUT2D eigenvalue weighted by molar-refractivity contribution is 0.293. The van der Waals surface area contributed by atoms with Crippen LogP contribution in [-0.4, -0.2) is 25.6 Å². The molecule has 0 atom stereocenters. The molecule has 0 unspecified atom stereocenters. The molecule has 34 heavy (non-hydrogen) atoms. The van der Waals surface area contributed by atoms with Crippen LogP contribution in [0.15, 0.2) is 84.9 Å². The van der Waals surface area contributed by atoms with Gasteiger partial charge in [0.15, 0.2) is 0 Å². The zero-order chi connectivity index (χ0) is 23.5. The van der Waals surface area contributed by atoms with E-state index in [9.17, 15) is 5.02 Å². The van der Waals surface area contributed by atoms with E-state index in [1.165, 1.54) is 5.39 Å². The first-order chi connectivity index (χ1) is 16.6. The summed E-state index contributed by atoms with van der Waals surface area (Å²) in [5.74, 6) is 2.12. The molecule has 5 rings (SSSR count). The fraction of sp³-hybridized carbons (Fsp3) is 0.143. The van der Waals surface area contributed by atoms with Crippen molar-refractivity contribution in [1.82, 2.24) is 0 Å². The first-order valence-electron chi connectivity index (χ1n) is 11.4. The number of benzene rings is 5. The lowest BCUT2D eigenvalue weighted by atomic mass is 9.97. The van der Waals surface area contributed by atoms with Crippen molar-refractivity contribution >= 4 is 39.6 Å². The molecule has 5 aromatic carbocycles. The Morgan fingerprint density at radius 3 is 1.94 bits per heavy atom. The Morgan fingerprint density at radius 2 is 1.24 bits per heavy atom. The molecule has 0 heterocycles. The third kappa shape index (κ3) is 4.45. The molecule has 0 amide bonds. The van der Waals surface area contributed by atoms with E-state index in [0.717, 1.165) is 26.9 Å². The number of rotatable bonds is 8. The second kappa shape index (κ2) is 9.53. The van der Waals surface area contributed by atoms with Gasteiger partial charge in [0, 0.05) is 23.6 Å². The average molecular weight is 452 g/mol. The zero-order valence-electron chi connectivity index (χ0n) is 19.2. The third-order valence-electron chi connectivity index (χ3n) is 5.63. The second-order valence-electron chi connectivity index (χ2n) is 7.89. The molecule has 170 valence electrons.